The molecule has 2 saturated carbocycles. The van der Waals surface area contributed by atoms with Crippen LogP contribution in [0.5, 0.6) is 0 Å². The highest BCUT2D eigenvalue weighted by atomic mass is 28.4. The van der Waals surface area contributed by atoms with E-state index in [-0.39, 0.29) is 11.0 Å². The van der Waals surface area contributed by atoms with Gasteiger partial charge in [-0.2, -0.15) is 0 Å². The Morgan fingerprint density at radius 3 is 2.41 bits per heavy atom. The summed E-state index contributed by atoms with van der Waals surface area (Å²) < 4.78 is 6.79. The van der Waals surface area contributed by atoms with Gasteiger partial charge in [-0.15, -0.1) is 0 Å². The summed E-state index contributed by atoms with van der Waals surface area (Å²) in [4.78, 5) is 12.4. The second-order valence-corrected chi connectivity index (χ2v) is 15.2. The van der Waals surface area contributed by atoms with Crippen molar-refractivity contribution >= 4 is 14.1 Å². The molecule has 2 nitrogen and oxygen atoms in total. The van der Waals surface area contributed by atoms with Crippen molar-refractivity contribution in [1.29, 1.82) is 0 Å². The Bertz CT molecular complexity index is 488. The standard InChI is InChI=1S/C24H46O2Si/c1-8-27(9-2,10-3)26-23(5,6)17-11-13-19(4)20-15-16-21-22(25)14-12-18-24(20,21)7/h19-21H,8-18H2,1-7H3/t19-,20-,21+,24-/m1/s1. The highest BCUT2D eigenvalue weighted by Gasteiger charge is 2.52. The Balaban J connectivity index is 1.88. The smallest absolute Gasteiger partial charge is 0.192 e. The summed E-state index contributed by atoms with van der Waals surface area (Å²) in [6, 6.07) is 3.70. The van der Waals surface area contributed by atoms with Crippen LogP contribution in [0.25, 0.3) is 0 Å². The van der Waals surface area contributed by atoms with Crippen LogP contribution in [0.1, 0.15) is 99.8 Å². The topological polar surface area (TPSA) is 26.3 Å². The molecule has 0 aromatic carbocycles. The number of rotatable bonds is 10. The molecular formula is C24H46O2Si. The molecule has 0 bridgehead atoms. The zero-order valence-corrected chi connectivity index (χ0v) is 20.3. The van der Waals surface area contributed by atoms with Gasteiger partial charge >= 0.3 is 0 Å². The maximum Gasteiger partial charge on any atom is 0.192 e. The van der Waals surface area contributed by atoms with Crippen molar-refractivity contribution in [3.8, 4) is 0 Å². The monoisotopic (exact) mass is 394 g/mol. The van der Waals surface area contributed by atoms with E-state index in [1.54, 1.807) is 0 Å². The maximum absolute atomic E-state index is 12.4. The van der Waals surface area contributed by atoms with Gasteiger partial charge in [0.15, 0.2) is 8.32 Å². The van der Waals surface area contributed by atoms with Crippen LogP contribution in [-0.2, 0) is 9.22 Å². The summed E-state index contributed by atoms with van der Waals surface area (Å²) in [5.41, 5.74) is 0.298. The first kappa shape index (κ1) is 23.1. The summed E-state index contributed by atoms with van der Waals surface area (Å²) in [6.45, 7) is 16.5. The van der Waals surface area contributed by atoms with Crippen LogP contribution >= 0.6 is 0 Å². The summed E-state index contributed by atoms with van der Waals surface area (Å²) in [7, 11) is -1.54. The number of hydrogen-bond donors (Lipinski definition) is 0. The third-order valence-electron chi connectivity index (χ3n) is 8.49. The van der Waals surface area contributed by atoms with E-state index in [1.165, 1.54) is 43.8 Å². The van der Waals surface area contributed by atoms with Gasteiger partial charge in [-0.3, -0.25) is 4.79 Å². The number of Topliss-reactive ketones (excluding diaryl/α,β-unsaturated/α-hetero) is 1. The summed E-state index contributed by atoms with van der Waals surface area (Å²) in [6.07, 6.45) is 9.34. The van der Waals surface area contributed by atoms with E-state index in [1.807, 2.05) is 0 Å². The number of hydrogen-bond acceptors (Lipinski definition) is 2. The predicted octanol–water partition coefficient (Wildman–Crippen LogP) is 7.38. The molecule has 2 aliphatic rings. The molecule has 0 aromatic rings. The van der Waals surface area contributed by atoms with Gasteiger partial charge in [0.05, 0.1) is 5.60 Å². The van der Waals surface area contributed by atoms with Crippen LogP contribution in [0.2, 0.25) is 18.1 Å². The molecule has 0 amide bonds. The van der Waals surface area contributed by atoms with E-state index in [9.17, 15) is 4.79 Å². The van der Waals surface area contributed by atoms with E-state index in [0.29, 0.717) is 11.7 Å². The minimum absolute atomic E-state index is 0.0108. The Morgan fingerprint density at radius 1 is 1.19 bits per heavy atom. The number of carbonyl (C=O) groups excluding carboxylic acids is 1. The molecule has 0 saturated heterocycles. The molecule has 0 N–H and O–H groups in total. The van der Waals surface area contributed by atoms with Crippen LogP contribution in [0.15, 0.2) is 0 Å². The fourth-order valence-corrected chi connectivity index (χ4v) is 9.77. The van der Waals surface area contributed by atoms with Gasteiger partial charge in [-0.25, -0.2) is 0 Å². The van der Waals surface area contributed by atoms with Crippen molar-refractivity contribution < 1.29 is 9.22 Å². The van der Waals surface area contributed by atoms with Crippen molar-refractivity contribution in [2.75, 3.05) is 0 Å². The van der Waals surface area contributed by atoms with Crippen LogP contribution in [0.4, 0.5) is 0 Å². The van der Waals surface area contributed by atoms with Crippen molar-refractivity contribution in [3.63, 3.8) is 0 Å². The largest absolute Gasteiger partial charge is 0.412 e. The second-order valence-electron chi connectivity index (χ2n) is 10.5. The predicted molar refractivity (Wildman–Crippen MR) is 119 cm³/mol. The minimum atomic E-state index is -1.54. The van der Waals surface area contributed by atoms with Crippen molar-refractivity contribution in [1.82, 2.24) is 0 Å². The van der Waals surface area contributed by atoms with Crippen LogP contribution in [0.3, 0.4) is 0 Å². The highest BCUT2D eigenvalue weighted by Crippen LogP contribution is 2.57. The van der Waals surface area contributed by atoms with Gasteiger partial charge < -0.3 is 4.43 Å². The zero-order valence-electron chi connectivity index (χ0n) is 19.3. The lowest BCUT2D eigenvalue weighted by Crippen LogP contribution is -2.44. The molecule has 0 aliphatic heterocycles. The van der Waals surface area contributed by atoms with Gasteiger partial charge in [-0.1, -0.05) is 47.5 Å². The molecule has 158 valence electrons. The second kappa shape index (κ2) is 9.11. The first-order valence-electron chi connectivity index (χ1n) is 11.9. The third kappa shape index (κ3) is 5.07. The Labute approximate surface area is 170 Å². The highest BCUT2D eigenvalue weighted by molar-refractivity contribution is 6.73. The molecule has 2 aliphatic carbocycles. The van der Waals surface area contributed by atoms with E-state index in [4.69, 9.17) is 4.43 Å². The van der Waals surface area contributed by atoms with Crippen LogP contribution in [-0.4, -0.2) is 19.7 Å². The lowest BCUT2D eigenvalue weighted by atomic mass is 9.62. The number of ketones is 1. The van der Waals surface area contributed by atoms with E-state index in [2.05, 4.69) is 48.5 Å². The molecule has 0 aromatic heterocycles. The van der Waals surface area contributed by atoms with Crippen molar-refractivity contribution in [3.05, 3.63) is 0 Å². The number of carbonyl (C=O) groups is 1. The Morgan fingerprint density at radius 2 is 1.81 bits per heavy atom. The molecule has 0 spiro atoms. The number of fused-ring (bicyclic) bond motifs is 1. The molecule has 4 atom stereocenters. The van der Waals surface area contributed by atoms with Gasteiger partial charge in [0, 0.05) is 12.3 Å². The van der Waals surface area contributed by atoms with E-state index >= 15 is 0 Å². The fourth-order valence-electron chi connectivity index (χ4n) is 6.56. The average Bonchev–Trinajstić information content (AvgIpc) is 2.98. The fraction of sp³-hybridized carbons (Fsp3) is 0.958. The maximum atomic E-state index is 12.4. The molecular weight excluding hydrogens is 348 g/mol. The molecule has 0 radical (unpaired) electrons. The van der Waals surface area contributed by atoms with Gasteiger partial charge in [0.25, 0.3) is 0 Å². The van der Waals surface area contributed by atoms with Crippen LogP contribution in [0, 0.1) is 23.2 Å². The van der Waals surface area contributed by atoms with E-state index < -0.39 is 8.32 Å². The van der Waals surface area contributed by atoms with Gasteiger partial charge in [0.2, 0.25) is 0 Å². The third-order valence-corrected chi connectivity index (χ3v) is 13.3. The normalized spacial score (nSPS) is 30.4. The SMILES string of the molecule is CC[Si](CC)(CC)OC(C)(C)CCC[C@@H](C)[C@H]1CC[C@H]2C(=O)CCC[C@]12C. The Kier molecular flexibility index (Phi) is 7.81. The van der Waals surface area contributed by atoms with Crippen molar-refractivity contribution in [2.24, 2.45) is 23.2 Å². The quantitative estimate of drug-likeness (QED) is 0.361. The lowest BCUT2D eigenvalue weighted by Gasteiger charge is -2.42. The summed E-state index contributed by atoms with van der Waals surface area (Å²) in [5.74, 6) is 2.40. The summed E-state index contributed by atoms with van der Waals surface area (Å²) in [5, 5.41) is 0. The van der Waals surface area contributed by atoms with Gasteiger partial charge in [-0.05, 0) is 81.3 Å². The molecule has 0 heterocycles. The van der Waals surface area contributed by atoms with E-state index in [0.717, 1.165) is 37.5 Å². The molecule has 2 rings (SSSR count). The Hall–Kier alpha value is -0.153. The average molecular weight is 395 g/mol. The van der Waals surface area contributed by atoms with Gasteiger partial charge in [0.1, 0.15) is 5.78 Å². The van der Waals surface area contributed by atoms with Crippen molar-refractivity contribution in [2.45, 2.75) is 124 Å². The molecule has 3 heteroatoms. The molecule has 27 heavy (non-hydrogen) atoms. The zero-order chi connectivity index (χ0) is 20.3. The van der Waals surface area contributed by atoms with Crippen LogP contribution < -0.4 is 0 Å². The first-order valence-corrected chi connectivity index (χ1v) is 14.4. The molecule has 2 fully saturated rings. The first-order chi connectivity index (χ1) is 12.6. The minimum Gasteiger partial charge on any atom is -0.412 e. The molecule has 0 unspecified atom stereocenters. The lowest BCUT2D eigenvalue weighted by molar-refractivity contribution is -0.130. The summed E-state index contributed by atoms with van der Waals surface area (Å²) >= 11 is 0.